The van der Waals surface area contributed by atoms with E-state index in [1.807, 2.05) is 0 Å². The summed E-state index contributed by atoms with van der Waals surface area (Å²) in [7, 11) is 4.76. The van der Waals surface area contributed by atoms with Gasteiger partial charge in [-0.05, 0) is 18.2 Å². The van der Waals surface area contributed by atoms with Crippen LogP contribution in [0.25, 0.3) is 0 Å². The highest BCUT2D eigenvalue weighted by Gasteiger charge is 2.28. The van der Waals surface area contributed by atoms with E-state index < -0.39 is 0 Å². The number of hydrogen-bond donors (Lipinski definition) is 0. The first kappa shape index (κ1) is 20.4. The molecule has 9 heteroatoms. The first-order valence-corrected chi connectivity index (χ1v) is 9.44. The van der Waals surface area contributed by atoms with E-state index in [0.29, 0.717) is 59.1 Å². The van der Waals surface area contributed by atoms with Crippen LogP contribution in [0, 0.1) is 0 Å². The van der Waals surface area contributed by atoms with Crippen molar-refractivity contribution in [3.8, 4) is 11.5 Å². The maximum Gasteiger partial charge on any atom is 0.270 e. The summed E-state index contributed by atoms with van der Waals surface area (Å²) in [5, 5.41) is 0.665. The van der Waals surface area contributed by atoms with Crippen LogP contribution in [-0.2, 0) is 7.05 Å². The second kappa shape index (κ2) is 8.32. The number of methoxy groups -OCH3 is 2. The van der Waals surface area contributed by atoms with Crippen molar-refractivity contribution in [1.82, 2.24) is 14.4 Å². The van der Waals surface area contributed by atoms with E-state index in [9.17, 15) is 9.59 Å². The van der Waals surface area contributed by atoms with Crippen LogP contribution in [0.5, 0.6) is 11.5 Å². The number of carbonyl (C=O) groups excluding carboxylic acids is 2. The Morgan fingerprint density at radius 3 is 2.04 bits per heavy atom. The number of benzene rings is 1. The number of halogens is 2. The maximum absolute atomic E-state index is 12.9. The molecule has 2 aromatic rings. The first-order chi connectivity index (χ1) is 13.4. The van der Waals surface area contributed by atoms with Crippen LogP contribution in [0.2, 0.25) is 10.2 Å². The second-order valence-corrected chi connectivity index (χ2v) is 7.14. The van der Waals surface area contributed by atoms with Crippen molar-refractivity contribution in [3.63, 3.8) is 0 Å². The molecule has 2 amide bonds. The van der Waals surface area contributed by atoms with Crippen molar-refractivity contribution in [1.29, 1.82) is 0 Å². The number of hydrogen-bond acceptors (Lipinski definition) is 4. The fourth-order valence-corrected chi connectivity index (χ4v) is 3.54. The van der Waals surface area contributed by atoms with Crippen LogP contribution < -0.4 is 9.47 Å². The van der Waals surface area contributed by atoms with Crippen LogP contribution in [0.15, 0.2) is 24.3 Å². The summed E-state index contributed by atoms with van der Waals surface area (Å²) in [4.78, 5) is 29.0. The third-order valence-corrected chi connectivity index (χ3v) is 5.67. The molecule has 0 aliphatic carbocycles. The lowest BCUT2D eigenvalue weighted by Crippen LogP contribution is -2.50. The molecule has 0 radical (unpaired) electrons. The summed E-state index contributed by atoms with van der Waals surface area (Å²) in [6, 6.07) is 6.64. The van der Waals surface area contributed by atoms with Crippen LogP contribution in [0.4, 0.5) is 0 Å². The Morgan fingerprint density at radius 1 is 0.929 bits per heavy atom. The topological polar surface area (TPSA) is 64.0 Å². The Labute approximate surface area is 173 Å². The molecule has 7 nitrogen and oxygen atoms in total. The van der Waals surface area contributed by atoms with Crippen LogP contribution in [-0.4, -0.2) is 66.6 Å². The van der Waals surface area contributed by atoms with E-state index in [-0.39, 0.29) is 11.8 Å². The largest absolute Gasteiger partial charge is 0.497 e. The molecule has 0 N–H and O–H groups in total. The quantitative estimate of drug-likeness (QED) is 0.755. The van der Waals surface area contributed by atoms with E-state index >= 15 is 0 Å². The summed E-state index contributed by atoms with van der Waals surface area (Å²) < 4.78 is 12.1. The second-order valence-electron chi connectivity index (χ2n) is 6.38. The molecule has 1 aromatic heterocycles. The van der Waals surface area contributed by atoms with Crippen molar-refractivity contribution in [2.45, 2.75) is 0 Å². The van der Waals surface area contributed by atoms with Gasteiger partial charge < -0.3 is 23.8 Å². The van der Waals surface area contributed by atoms with Gasteiger partial charge in [0.1, 0.15) is 22.3 Å². The molecule has 1 aromatic carbocycles. The lowest BCUT2D eigenvalue weighted by Gasteiger charge is -2.35. The fraction of sp³-hybridized carbons (Fsp3) is 0.368. The highest BCUT2D eigenvalue weighted by Crippen LogP contribution is 2.28. The van der Waals surface area contributed by atoms with E-state index in [4.69, 9.17) is 32.7 Å². The SMILES string of the molecule is COc1ccc(C(=O)N2CCN(C(=O)c3cc(Cl)c(Cl)n3C)CC2)c(OC)c1. The van der Waals surface area contributed by atoms with Gasteiger partial charge in [-0.1, -0.05) is 23.2 Å². The summed E-state index contributed by atoms with van der Waals surface area (Å²) in [6.07, 6.45) is 0. The predicted molar refractivity (Wildman–Crippen MR) is 107 cm³/mol. The van der Waals surface area contributed by atoms with Crippen molar-refractivity contribution in [2.24, 2.45) is 7.05 Å². The minimum absolute atomic E-state index is 0.142. The summed E-state index contributed by atoms with van der Waals surface area (Å²) in [5.74, 6) is 0.765. The number of carbonyl (C=O) groups is 2. The van der Waals surface area contributed by atoms with Crippen LogP contribution >= 0.6 is 23.2 Å². The predicted octanol–water partition coefficient (Wildman–Crippen LogP) is 2.95. The minimum atomic E-state index is -0.162. The van der Waals surface area contributed by atoms with Crippen molar-refractivity contribution in [2.75, 3.05) is 40.4 Å². The van der Waals surface area contributed by atoms with E-state index in [1.165, 1.54) is 7.11 Å². The molecule has 0 saturated carbocycles. The lowest BCUT2D eigenvalue weighted by atomic mass is 10.1. The maximum atomic E-state index is 12.9. The molecule has 0 spiro atoms. The van der Waals surface area contributed by atoms with Gasteiger partial charge >= 0.3 is 0 Å². The smallest absolute Gasteiger partial charge is 0.270 e. The average molecular weight is 426 g/mol. The molecule has 1 aliphatic rings. The molecular weight excluding hydrogens is 405 g/mol. The Kier molecular flexibility index (Phi) is 6.05. The molecule has 2 heterocycles. The third kappa shape index (κ3) is 3.77. The zero-order valence-corrected chi connectivity index (χ0v) is 17.4. The van der Waals surface area contributed by atoms with Crippen molar-refractivity contribution in [3.05, 3.63) is 45.7 Å². The van der Waals surface area contributed by atoms with Gasteiger partial charge in [0, 0.05) is 39.3 Å². The van der Waals surface area contributed by atoms with Gasteiger partial charge in [0.25, 0.3) is 11.8 Å². The van der Waals surface area contributed by atoms with Gasteiger partial charge in [-0.15, -0.1) is 0 Å². The van der Waals surface area contributed by atoms with E-state index in [1.54, 1.807) is 52.8 Å². The number of aromatic nitrogens is 1. The Morgan fingerprint density at radius 2 is 1.54 bits per heavy atom. The minimum Gasteiger partial charge on any atom is -0.497 e. The molecule has 0 atom stereocenters. The van der Waals surface area contributed by atoms with Gasteiger partial charge in [-0.25, -0.2) is 0 Å². The van der Waals surface area contributed by atoms with Crippen LogP contribution in [0.1, 0.15) is 20.8 Å². The lowest BCUT2D eigenvalue weighted by molar-refractivity contribution is 0.0528. The van der Waals surface area contributed by atoms with Crippen LogP contribution in [0.3, 0.4) is 0 Å². The van der Waals surface area contributed by atoms with Crippen molar-refractivity contribution >= 4 is 35.0 Å². The van der Waals surface area contributed by atoms with Gasteiger partial charge in [-0.2, -0.15) is 0 Å². The highest BCUT2D eigenvalue weighted by molar-refractivity contribution is 6.41. The zero-order valence-electron chi connectivity index (χ0n) is 15.9. The average Bonchev–Trinajstić information content (AvgIpc) is 2.99. The monoisotopic (exact) mass is 425 g/mol. The first-order valence-electron chi connectivity index (χ1n) is 8.68. The number of ether oxygens (including phenoxy) is 2. The zero-order chi connectivity index (χ0) is 20.4. The van der Waals surface area contributed by atoms with Gasteiger partial charge in [-0.3, -0.25) is 9.59 Å². The number of rotatable bonds is 4. The van der Waals surface area contributed by atoms with Crippen molar-refractivity contribution < 1.29 is 19.1 Å². The number of piperazine rings is 1. The molecule has 3 rings (SSSR count). The van der Waals surface area contributed by atoms with E-state index in [0.717, 1.165) is 0 Å². The molecule has 0 unspecified atom stereocenters. The Bertz CT molecular complexity index is 905. The number of nitrogens with zero attached hydrogens (tertiary/aromatic N) is 3. The molecule has 1 fully saturated rings. The highest BCUT2D eigenvalue weighted by atomic mass is 35.5. The summed E-state index contributed by atoms with van der Waals surface area (Å²) in [6.45, 7) is 1.68. The standard InChI is InChI=1S/C19H21Cl2N3O4/c1-22-15(11-14(20)17(22)21)19(26)24-8-6-23(7-9-24)18(25)13-5-4-12(27-2)10-16(13)28-3/h4-5,10-11H,6-9H2,1-3H3. The fourth-order valence-electron chi connectivity index (χ4n) is 3.17. The van der Waals surface area contributed by atoms with Gasteiger partial charge in [0.15, 0.2) is 0 Å². The van der Waals surface area contributed by atoms with E-state index in [2.05, 4.69) is 0 Å². The molecule has 28 heavy (non-hydrogen) atoms. The summed E-state index contributed by atoms with van der Waals surface area (Å²) >= 11 is 12.1. The van der Waals surface area contributed by atoms with Gasteiger partial charge in [0.2, 0.25) is 0 Å². The molecule has 0 bridgehead atoms. The Hall–Kier alpha value is -2.38. The molecule has 150 valence electrons. The number of amides is 2. The molecular formula is C19H21Cl2N3O4. The molecule has 1 aliphatic heterocycles. The Balaban J connectivity index is 1.69. The molecule has 1 saturated heterocycles. The van der Waals surface area contributed by atoms with Gasteiger partial charge in [0.05, 0.1) is 24.8 Å². The summed E-state index contributed by atoms with van der Waals surface area (Å²) in [5.41, 5.74) is 0.885. The normalized spacial score (nSPS) is 14.2. The third-order valence-electron chi connectivity index (χ3n) is 4.83.